The lowest BCUT2D eigenvalue weighted by Gasteiger charge is -2.33. The quantitative estimate of drug-likeness (QED) is 0.299. The molecule has 0 saturated carbocycles. The highest BCUT2D eigenvalue weighted by molar-refractivity contribution is 7.92. The molecule has 0 aromatic heterocycles. The van der Waals surface area contributed by atoms with E-state index in [0.717, 1.165) is 33.8 Å². The Balaban J connectivity index is 2.05. The fraction of sp³-hybridized carbons (Fsp3) is 0.375. The van der Waals surface area contributed by atoms with Crippen LogP contribution in [0.15, 0.2) is 83.8 Å². The lowest BCUT2D eigenvalue weighted by Crippen LogP contribution is -2.53. The topological polar surface area (TPSA) is 86.8 Å². The van der Waals surface area contributed by atoms with Gasteiger partial charge in [0.2, 0.25) is 11.8 Å². The molecule has 2 atom stereocenters. The number of rotatable bonds is 13. The van der Waals surface area contributed by atoms with E-state index in [-0.39, 0.29) is 23.4 Å². The van der Waals surface area contributed by atoms with Crippen molar-refractivity contribution in [3.63, 3.8) is 0 Å². The Bertz CT molecular complexity index is 1370. The molecule has 0 aliphatic carbocycles. The van der Waals surface area contributed by atoms with Crippen LogP contribution in [0.5, 0.6) is 0 Å². The first-order valence-corrected chi connectivity index (χ1v) is 15.4. The molecule has 8 heteroatoms. The number of hydrogen-bond donors (Lipinski definition) is 1. The summed E-state index contributed by atoms with van der Waals surface area (Å²) in [4.78, 5) is 29.1. The van der Waals surface area contributed by atoms with Crippen LogP contribution in [0.3, 0.4) is 0 Å². The van der Waals surface area contributed by atoms with Crippen molar-refractivity contribution in [2.24, 2.45) is 0 Å². The van der Waals surface area contributed by atoms with Crippen LogP contribution in [-0.2, 0) is 32.6 Å². The molecule has 7 nitrogen and oxygen atoms in total. The molecule has 0 saturated heterocycles. The van der Waals surface area contributed by atoms with Gasteiger partial charge < -0.3 is 10.2 Å². The van der Waals surface area contributed by atoms with Crippen molar-refractivity contribution < 1.29 is 18.0 Å². The molecule has 0 radical (unpaired) electrons. The summed E-state index contributed by atoms with van der Waals surface area (Å²) in [6.45, 7) is 9.50. The van der Waals surface area contributed by atoms with E-state index >= 15 is 0 Å². The van der Waals surface area contributed by atoms with Gasteiger partial charge in [-0.05, 0) is 68.5 Å². The first-order chi connectivity index (χ1) is 19.1. The van der Waals surface area contributed by atoms with Gasteiger partial charge in [0.15, 0.2) is 0 Å². The van der Waals surface area contributed by atoms with Gasteiger partial charge in [-0.15, -0.1) is 0 Å². The predicted molar refractivity (Wildman–Crippen MR) is 160 cm³/mol. The minimum absolute atomic E-state index is 0.0514. The zero-order chi connectivity index (χ0) is 29.3. The minimum Gasteiger partial charge on any atom is -0.352 e. The maximum Gasteiger partial charge on any atom is 0.264 e. The van der Waals surface area contributed by atoms with Crippen LogP contribution >= 0.6 is 0 Å². The standard InChI is InChI=1S/C32H41N3O4S/c1-6-25(5)33-32(37)30(8-3)34(22-27-14-12-13-24(4)21-27)31(36)23-35(28-19-17-26(7-2)18-20-28)40(38,39)29-15-10-9-11-16-29/h9-21,25,30H,6-8,22-23H2,1-5H3,(H,33,37)/t25-,30-/m1/s1. The van der Waals surface area contributed by atoms with Gasteiger partial charge in [-0.1, -0.05) is 80.9 Å². The molecule has 3 rings (SSSR count). The summed E-state index contributed by atoms with van der Waals surface area (Å²) in [5.74, 6) is -0.700. The van der Waals surface area contributed by atoms with E-state index < -0.39 is 28.5 Å². The Morgan fingerprint density at radius 1 is 0.850 bits per heavy atom. The highest BCUT2D eigenvalue weighted by Crippen LogP contribution is 2.25. The zero-order valence-corrected chi connectivity index (χ0v) is 24.9. The molecule has 0 spiro atoms. The fourth-order valence-corrected chi connectivity index (χ4v) is 5.95. The highest BCUT2D eigenvalue weighted by atomic mass is 32.2. The minimum atomic E-state index is -4.07. The van der Waals surface area contributed by atoms with E-state index in [4.69, 9.17) is 0 Å². The Hall–Kier alpha value is -3.65. The molecule has 0 aliphatic heterocycles. The third-order valence-electron chi connectivity index (χ3n) is 7.06. The summed E-state index contributed by atoms with van der Waals surface area (Å²) in [7, 11) is -4.07. The molecular weight excluding hydrogens is 522 g/mol. The van der Waals surface area contributed by atoms with Crippen molar-refractivity contribution in [3.05, 3.63) is 95.6 Å². The highest BCUT2D eigenvalue weighted by Gasteiger charge is 2.34. The first-order valence-electron chi connectivity index (χ1n) is 13.9. The third-order valence-corrected chi connectivity index (χ3v) is 8.85. The van der Waals surface area contributed by atoms with Crippen LogP contribution in [0.1, 0.15) is 57.2 Å². The maximum atomic E-state index is 14.1. The largest absolute Gasteiger partial charge is 0.352 e. The van der Waals surface area contributed by atoms with E-state index in [0.29, 0.717) is 12.1 Å². The van der Waals surface area contributed by atoms with Crippen LogP contribution in [0.4, 0.5) is 5.69 Å². The van der Waals surface area contributed by atoms with E-state index in [9.17, 15) is 18.0 Å². The maximum absolute atomic E-state index is 14.1. The molecule has 40 heavy (non-hydrogen) atoms. The molecule has 3 aromatic carbocycles. The van der Waals surface area contributed by atoms with E-state index in [1.807, 2.05) is 71.0 Å². The summed E-state index contributed by atoms with van der Waals surface area (Å²) >= 11 is 0. The molecule has 2 amide bonds. The van der Waals surface area contributed by atoms with Gasteiger partial charge in [-0.2, -0.15) is 0 Å². The number of anilines is 1. The molecule has 1 N–H and O–H groups in total. The van der Waals surface area contributed by atoms with E-state index in [1.54, 1.807) is 30.3 Å². The van der Waals surface area contributed by atoms with Crippen molar-refractivity contribution in [1.29, 1.82) is 0 Å². The Morgan fingerprint density at radius 3 is 2.10 bits per heavy atom. The van der Waals surface area contributed by atoms with Gasteiger partial charge in [0.25, 0.3) is 10.0 Å². The second-order valence-corrected chi connectivity index (χ2v) is 12.0. The zero-order valence-electron chi connectivity index (χ0n) is 24.1. The Morgan fingerprint density at radius 2 is 1.52 bits per heavy atom. The molecule has 0 bridgehead atoms. The number of aryl methyl sites for hydroxylation is 2. The lowest BCUT2D eigenvalue weighted by molar-refractivity contribution is -0.140. The summed E-state index contributed by atoms with van der Waals surface area (Å²) in [6, 6.07) is 22.2. The van der Waals surface area contributed by atoms with Crippen LogP contribution in [0.2, 0.25) is 0 Å². The van der Waals surface area contributed by atoms with Gasteiger partial charge in [0.1, 0.15) is 12.6 Å². The Kier molecular flexibility index (Phi) is 10.9. The molecule has 0 fully saturated rings. The number of nitrogens with one attached hydrogen (secondary N) is 1. The van der Waals surface area contributed by atoms with E-state index in [2.05, 4.69) is 5.32 Å². The SMILES string of the molecule is CCc1ccc(N(CC(=O)N(Cc2cccc(C)c2)[C@H](CC)C(=O)N[C@H](C)CC)S(=O)(=O)c2ccccc2)cc1. The molecule has 0 aliphatic rings. The van der Waals surface area contributed by atoms with Gasteiger partial charge in [0.05, 0.1) is 10.6 Å². The lowest BCUT2D eigenvalue weighted by atomic mass is 10.1. The molecule has 3 aromatic rings. The second-order valence-electron chi connectivity index (χ2n) is 10.1. The van der Waals surface area contributed by atoms with Gasteiger partial charge in [-0.3, -0.25) is 13.9 Å². The van der Waals surface area contributed by atoms with Crippen molar-refractivity contribution in [1.82, 2.24) is 10.2 Å². The van der Waals surface area contributed by atoms with Crippen LogP contribution < -0.4 is 9.62 Å². The van der Waals surface area contributed by atoms with Crippen molar-refractivity contribution in [2.45, 2.75) is 77.4 Å². The number of carbonyl (C=O) groups excluding carboxylic acids is 2. The molecule has 214 valence electrons. The van der Waals surface area contributed by atoms with Crippen LogP contribution in [0, 0.1) is 6.92 Å². The van der Waals surface area contributed by atoms with Crippen LogP contribution in [-0.4, -0.2) is 43.8 Å². The normalized spacial score (nSPS) is 12.8. The molecular formula is C32H41N3O4S. The average molecular weight is 564 g/mol. The molecule has 0 heterocycles. The van der Waals surface area contributed by atoms with Crippen molar-refractivity contribution >= 4 is 27.5 Å². The number of nitrogens with zero attached hydrogens (tertiary/aromatic N) is 2. The number of sulfonamides is 1. The fourth-order valence-electron chi connectivity index (χ4n) is 4.51. The number of hydrogen-bond acceptors (Lipinski definition) is 4. The van der Waals surface area contributed by atoms with E-state index in [1.165, 1.54) is 17.0 Å². The summed E-state index contributed by atoms with van der Waals surface area (Å²) in [5.41, 5.74) is 3.35. The summed E-state index contributed by atoms with van der Waals surface area (Å²) in [6.07, 6.45) is 1.94. The third kappa shape index (κ3) is 7.72. The number of amides is 2. The number of benzene rings is 3. The molecule has 0 unspecified atom stereocenters. The van der Waals surface area contributed by atoms with Gasteiger partial charge in [-0.25, -0.2) is 8.42 Å². The average Bonchev–Trinajstić information content (AvgIpc) is 2.96. The first kappa shape index (κ1) is 30.9. The predicted octanol–water partition coefficient (Wildman–Crippen LogP) is 5.47. The van der Waals surface area contributed by atoms with Crippen molar-refractivity contribution in [3.8, 4) is 0 Å². The Labute approximate surface area is 239 Å². The van der Waals surface area contributed by atoms with Crippen LogP contribution in [0.25, 0.3) is 0 Å². The summed E-state index contributed by atoms with van der Waals surface area (Å²) in [5, 5.41) is 3.00. The van der Waals surface area contributed by atoms with Gasteiger partial charge in [0, 0.05) is 12.6 Å². The second kappa shape index (κ2) is 14.1. The summed E-state index contributed by atoms with van der Waals surface area (Å²) < 4.78 is 28.9. The van der Waals surface area contributed by atoms with Crippen molar-refractivity contribution in [2.75, 3.05) is 10.8 Å². The number of carbonyl (C=O) groups is 2. The smallest absolute Gasteiger partial charge is 0.264 e. The monoisotopic (exact) mass is 563 g/mol. The van der Waals surface area contributed by atoms with Gasteiger partial charge >= 0.3 is 0 Å².